The number of aliphatic carboxylic acids is 1. The summed E-state index contributed by atoms with van der Waals surface area (Å²) < 4.78 is 0. The lowest BCUT2D eigenvalue weighted by molar-refractivity contribution is -0.140. The number of likely N-dealkylation sites (tertiary alicyclic amines) is 1. The number of carboxylic acids is 1. The van der Waals surface area contributed by atoms with Crippen LogP contribution >= 0.6 is 11.8 Å². The van der Waals surface area contributed by atoms with Gasteiger partial charge >= 0.3 is 12.0 Å². The molecule has 2 fully saturated rings. The van der Waals surface area contributed by atoms with Gasteiger partial charge in [-0.05, 0) is 12.8 Å². The summed E-state index contributed by atoms with van der Waals surface area (Å²) in [6.45, 7) is 1.54. The van der Waals surface area contributed by atoms with Gasteiger partial charge in [0.1, 0.15) is 6.04 Å². The van der Waals surface area contributed by atoms with Gasteiger partial charge in [0.15, 0.2) is 0 Å². The van der Waals surface area contributed by atoms with Crippen molar-refractivity contribution in [1.82, 2.24) is 9.80 Å². The lowest BCUT2D eigenvalue weighted by Gasteiger charge is -2.31. The van der Waals surface area contributed by atoms with Gasteiger partial charge in [0.25, 0.3) is 0 Å². The average Bonchev–Trinajstić information content (AvgIpc) is 2.76. The van der Waals surface area contributed by atoms with Crippen molar-refractivity contribution in [3.8, 4) is 0 Å². The molecule has 102 valence electrons. The Morgan fingerprint density at radius 1 is 1.06 bits per heavy atom. The largest absolute Gasteiger partial charge is 0.480 e. The minimum absolute atomic E-state index is 0.0886. The second kappa shape index (κ2) is 6.31. The molecule has 0 aromatic heterocycles. The van der Waals surface area contributed by atoms with Gasteiger partial charge in [-0.3, -0.25) is 0 Å². The van der Waals surface area contributed by atoms with Crippen LogP contribution in [0, 0.1) is 0 Å². The predicted molar refractivity (Wildman–Crippen MR) is 70.6 cm³/mol. The van der Waals surface area contributed by atoms with E-state index in [4.69, 9.17) is 5.11 Å². The zero-order chi connectivity index (χ0) is 13.0. The first-order chi connectivity index (χ1) is 8.70. The fourth-order valence-corrected chi connectivity index (χ4v) is 3.59. The Kier molecular flexibility index (Phi) is 4.74. The maximum Gasteiger partial charge on any atom is 0.327 e. The van der Waals surface area contributed by atoms with Crippen molar-refractivity contribution in [3.63, 3.8) is 0 Å². The Morgan fingerprint density at radius 3 is 2.28 bits per heavy atom. The van der Waals surface area contributed by atoms with Gasteiger partial charge in [-0.25, -0.2) is 9.59 Å². The lowest BCUT2D eigenvalue weighted by atomic mass is 10.1. The number of rotatable bonds is 1. The maximum atomic E-state index is 12.4. The molecule has 2 heterocycles. The van der Waals surface area contributed by atoms with Crippen molar-refractivity contribution in [3.05, 3.63) is 0 Å². The molecule has 2 aliphatic heterocycles. The number of carboxylic acid groups (broad SMARTS) is 1. The Balaban J connectivity index is 1.98. The number of urea groups is 1. The van der Waals surface area contributed by atoms with E-state index in [1.54, 1.807) is 0 Å². The van der Waals surface area contributed by atoms with Gasteiger partial charge in [0.2, 0.25) is 0 Å². The molecule has 18 heavy (non-hydrogen) atoms. The third kappa shape index (κ3) is 3.10. The van der Waals surface area contributed by atoms with Crippen LogP contribution < -0.4 is 0 Å². The van der Waals surface area contributed by atoms with E-state index in [1.165, 1.54) is 35.9 Å². The van der Waals surface area contributed by atoms with Crippen molar-refractivity contribution in [2.75, 3.05) is 24.7 Å². The van der Waals surface area contributed by atoms with E-state index < -0.39 is 12.0 Å². The normalized spacial score (nSPS) is 25.7. The van der Waals surface area contributed by atoms with Gasteiger partial charge in [-0.2, -0.15) is 0 Å². The van der Waals surface area contributed by atoms with Gasteiger partial charge in [-0.1, -0.05) is 19.3 Å². The summed E-state index contributed by atoms with van der Waals surface area (Å²) in [5.74, 6) is 0.127. The molecule has 0 unspecified atom stereocenters. The van der Waals surface area contributed by atoms with Crippen LogP contribution in [0.3, 0.4) is 0 Å². The van der Waals surface area contributed by atoms with Gasteiger partial charge in [0, 0.05) is 18.8 Å². The molecule has 0 aromatic carbocycles. The highest BCUT2D eigenvalue weighted by molar-refractivity contribution is 7.99. The topological polar surface area (TPSA) is 60.9 Å². The van der Waals surface area contributed by atoms with E-state index >= 15 is 0 Å². The van der Waals surface area contributed by atoms with Crippen molar-refractivity contribution in [2.45, 2.75) is 38.1 Å². The van der Waals surface area contributed by atoms with Crippen LogP contribution in [0.1, 0.15) is 32.1 Å². The summed E-state index contributed by atoms with van der Waals surface area (Å²) in [6.07, 6.45) is 5.65. The molecule has 2 rings (SSSR count). The summed E-state index contributed by atoms with van der Waals surface area (Å²) in [7, 11) is 0. The first-order valence-electron chi connectivity index (χ1n) is 6.56. The average molecular weight is 272 g/mol. The Bertz CT molecular complexity index is 316. The van der Waals surface area contributed by atoms with E-state index in [0.717, 1.165) is 25.9 Å². The number of amides is 2. The van der Waals surface area contributed by atoms with E-state index in [1.807, 2.05) is 4.90 Å². The number of hydrogen-bond donors (Lipinski definition) is 1. The van der Waals surface area contributed by atoms with Crippen LogP contribution in [-0.4, -0.2) is 57.7 Å². The fraction of sp³-hybridized carbons (Fsp3) is 0.833. The molecule has 0 radical (unpaired) electrons. The van der Waals surface area contributed by atoms with E-state index in [2.05, 4.69) is 0 Å². The second-order valence-corrected chi connectivity index (χ2v) is 5.86. The minimum Gasteiger partial charge on any atom is -0.480 e. The molecular weight excluding hydrogens is 252 g/mol. The maximum absolute atomic E-state index is 12.4. The summed E-state index contributed by atoms with van der Waals surface area (Å²) in [4.78, 5) is 26.8. The van der Waals surface area contributed by atoms with E-state index in [9.17, 15) is 9.59 Å². The molecule has 5 nitrogen and oxygen atoms in total. The first kappa shape index (κ1) is 13.5. The second-order valence-electron chi connectivity index (χ2n) is 4.86. The molecule has 2 aliphatic rings. The minimum atomic E-state index is -0.889. The zero-order valence-electron chi connectivity index (χ0n) is 10.5. The number of hydrogen-bond acceptors (Lipinski definition) is 3. The number of thioether (sulfide) groups is 1. The van der Waals surface area contributed by atoms with Gasteiger partial charge in [0.05, 0.1) is 5.88 Å². The summed E-state index contributed by atoms with van der Waals surface area (Å²) >= 11 is 1.52. The van der Waals surface area contributed by atoms with Crippen LogP contribution in [0.25, 0.3) is 0 Å². The molecule has 0 aromatic rings. The molecule has 6 heteroatoms. The Labute approximate surface area is 112 Å². The molecule has 2 saturated heterocycles. The predicted octanol–water partition coefficient (Wildman–Crippen LogP) is 1.83. The van der Waals surface area contributed by atoms with Gasteiger partial charge < -0.3 is 14.9 Å². The van der Waals surface area contributed by atoms with Crippen LogP contribution in [0.15, 0.2) is 0 Å². The smallest absolute Gasteiger partial charge is 0.327 e. The number of carbonyl (C=O) groups is 2. The third-order valence-electron chi connectivity index (χ3n) is 3.54. The standard InChI is InChI=1S/C12H20N2O3S/c15-11(16)10-8-18-9-14(10)12(17)13-6-4-2-1-3-5-7-13/h10H,1-9H2,(H,15,16)/t10-/m0/s1. The van der Waals surface area contributed by atoms with Gasteiger partial charge in [-0.15, -0.1) is 11.8 Å². The quantitative estimate of drug-likeness (QED) is 0.791. The molecule has 0 spiro atoms. The van der Waals surface area contributed by atoms with Crippen LogP contribution in [0.5, 0.6) is 0 Å². The molecule has 1 atom stereocenters. The molecular formula is C12H20N2O3S. The van der Waals surface area contributed by atoms with Crippen molar-refractivity contribution in [2.24, 2.45) is 0 Å². The third-order valence-corrected chi connectivity index (χ3v) is 4.55. The molecule has 2 amide bonds. The SMILES string of the molecule is O=C(O)[C@@H]1CSCN1C(=O)N1CCCCCCC1. The highest BCUT2D eigenvalue weighted by Crippen LogP contribution is 2.23. The van der Waals surface area contributed by atoms with E-state index in [0.29, 0.717) is 11.6 Å². The molecule has 0 saturated carbocycles. The summed E-state index contributed by atoms with van der Waals surface area (Å²) in [5.41, 5.74) is 0. The first-order valence-corrected chi connectivity index (χ1v) is 7.71. The van der Waals surface area contributed by atoms with Crippen molar-refractivity contribution >= 4 is 23.8 Å². The number of carbonyl (C=O) groups excluding carboxylic acids is 1. The monoisotopic (exact) mass is 272 g/mol. The number of nitrogens with zero attached hydrogens (tertiary/aromatic N) is 2. The van der Waals surface area contributed by atoms with E-state index in [-0.39, 0.29) is 6.03 Å². The lowest BCUT2D eigenvalue weighted by Crippen LogP contribution is -2.49. The van der Waals surface area contributed by atoms with Crippen LogP contribution in [0.2, 0.25) is 0 Å². The highest BCUT2D eigenvalue weighted by atomic mass is 32.2. The Hall–Kier alpha value is -0.910. The zero-order valence-corrected chi connectivity index (χ0v) is 11.3. The Morgan fingerprint density at radius 2 is 1.67 bits per heavy atom. The molecule has 0 aliphatic carbocycles. The van der Waals surface area contributed by atoms with Crippen LogP contribution in [0.4, 0.5) is 4.79 Å². The summed E-state index contributed by atoms with van der Waals surface area (Å²) in [5, 5.41) is 9.11. The fourth-order valence-electron chi connectivity index (χ4n) is 2.46. The highest BCUT2D eigenvalue weighted by Gasteiger charge is 2.36. The molecule has 1 N–H and O–H groups in total. The summed E-state index contributed by atoms with van der Waals surface area (Å²) in [6, 6.07) is -0.734. The van der Waals surface area contributed by atoms with Crippen LogP contribution in [-0.2, 0) is 4.79 Å². The van der Waals surface area contributed by atoms with Crippen molar-refractivity contribution in [1.29, 1.82) is 0 Å². The molecule has 0 bridgehead atoms. The van der Waals surface area contributed by atoms with Crippen molar-refractivity contribution < 1.29 is 14.7 Å².